The third-order valence-corrected chi connectivity index (χ3v) is 4.49. The van der Waals surface area contributed by atoms with Gasteiger partial charge in [-0.1, -0.05) is 6.58 Å². The highest BCUT2D eigenvalue weighted by atomic mass is 32.2. The minimum atomic E-state index is -3.28. The fourth-order valence-electron chi connectivity index (χ4n) is 3.08. The van der Waals surface area contributed by atoms with E-state index in [9.17, 15) is 23.1 Å². The first kappa shape index (κ1) is 17.9. The zero-order chi connectivity index (χ0) is 17.3. The Bertz CT molecular complexity index is 578. The summed E-state index contributed by atoms with van der Waals surface area (Å²) in [5.74, 6) is -1.38. The zero-order valence-electron chi connectivity index (χ0n) is 12.4. The molecule has 0 aromatic heterocycles. The first-order chi connectivity index (χ1) is 10.8. The molecule has 0 amide bonds. The van der Waals surface area contributed by atoms with Gasteiger partial charge in [0.1, 0.15) is 23.9 Å². The highest BCUT2D eigenvalue weighted by Crippen LogP contribution is 2.53. The molecule has 2 bridgehead atoms. The van der Waals surface area contributed by atoms with E-state index in [1.807, 2.05) is 0 Å². The van der Waals surface area contributed by atoms with Crippen molar-refractivity contribution in [3.8, 4) is 0 Å². The second kappa shape index (κ2) is 6.56. The summed E-state index contributed by atoms with van der Waals surface area (Å²) in [4.78, 5) is 22.7. The lowest BCUT2D eigenvalue weighted by molar-refractivity contribution is -0.169. The molecule has 1 N–H and O–H groups in total. The second-order valence-electron chi connectivity index (χ2n) is 5.48. The molecule has 2 rings (SSSR count). The number of esters is 2. The van der Waals surface area contributed by atoms with Crippen LogP contribution in [-0.2, 0) is 39.0 Å². The van der Waals surface area contributed by atoms with Gasteiger partial charge < -0.3 is 19.3 Å². The molecule has 4 unspecified atom stereocenters. The number of carbonyl (C=O) groups is 2. The van der Waals surface area contributed by atoms with Crippen LogP contribution in [-0.4, -0.2) is 62.1 Å². The Kier molecular flexibility index (Phi) is 5.09. The molecule has 2 saturated heterocycles. The number of ether oxygens (including phenoxy) is 3. The molecule has 10 heteroatoms. The van der Waals surface area contributed by atoms with Crippen LogP contribution in [0.3, 0.4) is 0 Å². The van der Waals surface area contributed by atoms with Crippen molar-refractivity contribution in [2.45, 2.75) is 43.2 Å². The fraction of sp³-hybridized carbons (Fsp3) is 0.692. The lowest BCUT2D eigenvalue weighted by atomic mass is 9.78. The highest BCUT2D eigenvalue weighted by molar-refractivity contribution is 7.67. The summed E-state index contributed by atoms with van der Waals surface area (Å²) in [6.45, 7) is 3.68. The van der Waals surface area contributed by atoms with Gasteiger partial charge in [0.05, 0.1) is 6.61 Å². The van der Waals surface area contributed by atoms with Gasteiger partial charge in [0.25, 0.3) is 11.0 Å². The number of fused-ring (bicyclic) bond motifs is 2. The lowest BCUT2D eigenvalue weighted by Crippen LogP contribution is -2.55. The summed E-state index contributed by atoms with van der Waals surface area (Å²) >= 11 is 0. The van der Waals surface area contributed by atoms with E-state index in [4.69, 9.17) is 18.4 Å². The van der Waals surface area contributed by atoms with Crippen LogP contribution in [0.25, 0.3) is 0 Å². The van der Waals surface area contributed by atoms with Gasteiger partial charge in [0.2, 0.25) is 0 Å². The van der Waals surface area contributed by atoms with Crippen LogP contribution in [0, 0.1) is 0 Å². The van der Waals surface area contributed by atoms with Gasteiger partial charge >= 0.3 is 11.9 Å². The van der Waals surface area contributed by atoms with Crippen molar-refractivity contribution in [1.29, 1.82) is 0 Å². The van der Waals surface area contributed by atoms with Gasteiger partial charge in [0, 0.05) is 13.0 Å². The summed E-state index contributed by atoms with van der Waals surface area (Å²) in [6.07, 6.45) is -0.930. The fourth-order valence-corrected chi connectivity index (χ4v) is 3.57. The molecule has 23 heavy (non-hydrogen) atoms. The van der Waals surface area contributed by atoms with Gasteiger partial charge in [-0.2, -0.15) is 0 Å². The quantitative estimate of drug-likeness (QED) is 0.333. The lowest BCUT2D eigenvalue weighted by Gasteiger charge is -2.35. The van der Waals surface area contributed by atoms with Crippen LogP contribution in [0.5, 0.6) is 0 Å². The first-order valence-corrected chi connectivity index (χ1v) is 7.97. The van der Waals surface area contributed by atoms with Crippen molar-refractivity contribution < 1.29 is 41.5 Å². The molecular formula is C13H18O9S. The third kappa shape index (κ3) is 3.25. The summed E-state index contributed by atoms with van der Waals surface area (Å²) in [5, 5.41) is 9.66. The third-order valence-electron chi connectivity index (χ3n) is 4.09. The van der Waals surface area contributed by atoms with Crippen LogP contribution in [0.1, 0.15) is 19.8 Å². The van der Waals surface area contributed by atoms with E-state index in [0.717, 1.165) is 6.08 Å². The van der Waals surface area contributed by atoms with E-state index in [-0.39, 0.29) is 13.0 Å². The molecular weight excluding hydrogens is 332 g/mol. The maximum absolute atomic E-state index is 11.6. The van der Waals surface area contributed by atoms with Crippen molar-refractivity contribution in [2.24, 2.45) is 0 Å². The highest BCUT2D eigenvalue weighted by Gasteiger charge is 2.70. The molecule has 0 spiro atoms. The average molecular weight is 350 g/mol. The molecule has 2 fully saturated rings. The number of aliphatic hydroxyl groups excluding tert-OH is 1. The Labute approximate surface area is 134 Å². The molecule has 0 saturated carbocycles. The minimum Gasteiger partial charge on any atom is -0.463 e. The Balaban J connectivity index is 2.36. The number of carbonyl (C=O) groups excluding carboxylic acids is 2. The largest absolute Gasteiger partial charge is 0.463 e. The summed E-state index contributed by atoms with van der Waals surface area (Å²) in [6, 6.07) is 0. The molecule has 4 atom stereocenters. The van der Waals surface area contributed by atoms with Crippen LogP contribution in [0.15, 0.2) is 12.7 Å². The Morgan fingerprint density at radius 1 is 1.35 bits per heavy atom. The summed E-state index contributed by atoms with van der Waals surface area (Å²) in [7, 11) is -3.28. The van der Waals surface area contributed by atoms with E-state index >= 15 is 0 Å². The topological polar surface area (TPSA) is 125 Å². The minimum absolute atomic E-state index is 0.255. The maximum Gasteiger partial charge on any atom is 0.330 e. The SMILES string of the molecule is C=CC(=O)OC1C(O[SH](=O)=O)C2(CO)CCC1(COC(C)=O)O2. The zero-order valence-corrected chi connectivity index (χ0v) is 13.3. The van der Waals surface area contributed by atoms with Crippen molar-refractivity contribution in [1.82, 2.24) is 0 Å². The van der Waals surface area contributed by atoms with Gasteiger partial charge in [-0.15, -0.1) is 0 Å². The molecule has 2 aliphatic heterocycles. The van der Waals surface area contributed by atoms with Crippen LogP contribution < -0.4 is 0 Å². The Morgan fingerprint density at radius 3 is 2.52 bits per heavy atom. The molecule has 2 aliphatic rings. The van der Waals surface area contributed by atoms with Gasteiger partial charge in [-0.25, -0.2) is 13.2 Å². The summed E-state index contributed by atoms with van der Waals surface area (Å²) < 4.78 is 42.8. The smallest absolute Gasteiger partial charge is 0.330 e. The average Bonchev–Trinajstić information content (AvgIpc) is 2.99. The number of hydrogen-bond acceptors (Lipinski definition) is 9. The normalized spacial score (nSPS) is 35.3. The molecule has 130 valence electrons. The Hall–Kier alpha value is -1.49. The molecule has 0 aromatic rings. The Morgan fingerprint density at radius 2 is 2.00 bits per heavy atom. The van der Waals surface area contributed by atoms with Gasteiger partial charge in [-0.3, -0.25) is 8.98 Å². The van der Waals surface area contributed by atoms with Crippen LogP contribution in [0.4, 0.5) is 0 Å². The monoisotopic (exact) mass is 350 g/mol. The van der Waals surface area contributed by atoms with Crippen molar-refractivity contribution in [2.75, 3.05) is 13.2 Å². The van der Waals surface area contributed by atoms with Crippen LogP contribution >= 0.6 is 0 Å². The van der Waals surface area contributed by atoms with Gasteiger partial charge in [-0.05, 0) is 12.8 Å². The van der Waals surface area contributed by atoms with Crippen LogP contribution in [0.2, 0.25) is 0 Å². The van der Waals surface area contributed by atoms with E-state index in [0.29, 0.717) is 6.42 Å². The number of hydrogen-bond donors (Lipinski definition) is 2. The summed E-state index contributed by atoms with van der Waals surface area (Å²) in [5.41, 5.74) is -2.62. The van der Waals surface area contributed by atoms with Crippen molar-refractivity contribution >= 4 is 22.9 Å². The predicted octanol–water partition coefficient (Wildman–Crippen LogP) is -1.15. The molecule has 0 radical (unpaired) electrons. The molecule has 0 aromatic carbocycles. The van der Waals surface area contributed by atoms with Crippen molar-refractivity contribution in [3.05, 3.63) is 12.7 Å². The van der Waals surface area contributed by atoms with Crippen molar-refractivity contribution in [3.63, 3.8) is 0 Å². The van der Waals surface area contributed by atoms with Gasteiger partial charge in [0.15, 0.2) is 6.10 Å². The number of aliphatic hydroxyl groups is 1. The first-order valence-electron chi connectivity index (χ1n) is 6.87. The standard InChI is InChI=1S/C13H18O9S/c1-3-9(16)20-10-11(21-23(17)18)12(6-14)4-5-13(10,22-12)7-19-8(2)15/h3,10-11,14,23H,1,4-7H2,2H3. The molecule has 9 nitrogen and oxygen atoms in total. The van der Waals surface area contributed by atoms with E-state index in [1.165, 1.54) is 6.92 Å². The maximum atomic E-state index is 11.6. The number of rotatable bonds is 7. The van der Waals surface area contributed by atoms with E-state index in [1.54, 1.807) is 0 Å². The number of thiol groups is 1. The second-order valence-corrected chi connectivity index (χ2v) is 6.14. The predicted molar refractivity (Wildman–Crippen MR) is 74.8 cm³/mol. The molecule has 0 aliphatic carbocycles. The van der Waals surface area contributed by atoms with E-state index in [2.05, 4.69) is 6.58 Å². The van der Waals surface area contributed by atoms with E-state index < -0.39 is 52.9 Å². The molecule has 2 heterocycles.